The molecule has 1 fully saturated rings. The van der Waals surface area contributed by atoms with Crippen molar-refractivity contribution < 1.29 is 13.2 Å². The van der Waals surface area contributed by atoms with Crippen LogP contribution in [0.3, 0.4) is 0 Å². The summed E-state index contributed by atoms with van der Waals surface area (Å²) in [7, 11) is -1.93. The van der Waals surface area contributed by atoms with Gasteiger partial charge in [0.1, 0.15) is 10.3 Å². The number of aliphatic imine (C=N–C) groups is 1. The van der Waals surface area contributed by atoms with Gasteiger partial charge in [-0.1, -0.05) is 6.07 Å². The van der Waals surface area contributed by atoms with Crippen molar-refractivity contribution >= 4 is 51.3 Å². The standard InChI is InChI=1S/C16H21N5O3S2.HI/c1-18-16(20-10-13-5-6-15(25-13)26(17,22)23)21-9-7-12(11-21)24-14-4-2-3-8-19-14;/h2-6,8,12H,7,9-11H2,1H3,(H,18,20)(H2,17,22,23);1H. The van der Waals surface area contributed by atoms with E-state index in [0.717, 1.165) is 35.1 Å². The number of hydrogen-bond donors (Lipinski definition) is 2. The number of aromatic nitrogens is 1. The van der Waals surface area contributed by atoms with Crippen molar-refractivity contribution in [1.82, 2.24) is 15.2 Å². The summed E-state index contributed by atoms with van der Waals surface area (Å²) in [5.74, 6) is 1.37. The lowest BCUT2D eigenvalue weighted by molar-refractivity contribution is 0.205. The third-order valence-electron chi connectivity index (χ3n) is 3.92. The van der Waals surface area contributed by atoms with Gasteiger partial charge in [-0.25, -0.2) is 18.5 Å². The summed E-state index contributed by atoms with van der Waals surface area (Å²) >= 11 is 1.16. The molecule has 1 aliphatic heterocycles. The van der Waals surface area contributed by atoms with Crippen molar-refractivity contribution in [3.8, 4) is 5.88 Å². The number of likely N-dealkylation sites (tertiary alicyclic amines) is 1. The number of thiophene rings is 1. The van der Waals surface area contributed by atoms with E-state index in [0.29, 0.717) is 19.0 Å². The minimum atomic E-state index is -3.65. The number of primary sulfonamides is 1. The number of nitrogens with two attached hydrogens (primary N) is 1. The summed E-state index contributed by atoms with van der Waals surface area (Å²) in [5.41, 5.74) is 0. The van der Waals surface area contributed by atoms with Crippen molar-refractivity contribution in [3.05, 3.63) is 41.4 Å². The van der Waals surface area contributed by atoms with Crippen LogP contribution in [0.25, 0.3) is 0 Å². The van der Waals surface area contributed by atoms with Gasteiger partial charge in [0, 0.05) is 37.2 Å². The average molecular weight is 523 g/mol. The van der Waals surface area contributed by atoms with E-state index in [1.54, 1.807) is 19.3 Å². The van der Waals surface area contributed by atoms with Crippen molar-refractivity contribution in [1.29, 1.82) is 0 Å². The van der Waals surface area contributed by atoms with Crippen LogP contribution in [0, 0.1) is 0 Å². The number of nitrogens with zero attached hydrogens (tertiary/aromatic N) is 3. The van der Waals surface area contributed by atoms with Gasteiger partial charge in [0.2, 0.25) is 15.9 Å². The maximum Gasteiger partial charge on any atom is 0.247 e. The highest BCUT2D eigenvalue weighted by Gasteiger charge is 2.26. The van der Waals surface area contributed by atoms with Gasteiger partial charge in [0.25, 0.3) is 0 Å². The van der Waals surface area contributed by atoms with Gasteiger partial charge in [0.05, 0.1) is 13.1 Å². The Morgan fingerprint density at radius 2 is 2.26 bits per heavy atom. The third-order valence-corrected chi connectivity index (χ3v) is 6.44. The van der Waals surface area contributed by atoms with Crippen LogP contribution in [-0.2, 0) is 16.6 Å². The quantitative estimate of drug-likeness (QED) is 0.351. The number of nitrogens with one attached hydrogen (secondary N) is 1. The smallest absolute Gasteiger partial charge is 0.247 e. The zero-order chi connectivity index (χ0) is 18.6. The maximum atomic E-state index is 11.4. The molecule has 1 unspecified atom stereocenters. The lowest BCUT2D eigenvalue weighted by Gasteiger charge is -2.21. The van der Waals surface area contributed by atoms with E-state index in [1.807, 2.05) is 18.2 Å². The second-order valence-electron chi connectivity index (χ2n) is 5.81. The number of sulfonamides is 1. The molecule has 1 aliphatic rings. The number of hydrogen-bond acceptors (Lipinski definition) is 6. The molecule has 0 saturated carbocycles. The van der Waals surface area contributed by atoms with Crippen LogP contribution >= 0.6 is 35.3 Å². The number of pyridine rings is 1. The Kier molecular flexibility index (Phi) is 7.82. The molecule has 2 aromatic heterocycles. The Morgan fingerprint density at radius 3 is 2.89 bits per heavy atom. The van der Waals surface area contributed by atoms with E-state index in [4.69, 9.17) is 9.88 Å². The SMILES string of the molecule is CN=C(NCc1ccc(S(N)(=O)=O)s1)N1CCC(Oc2ccccn2)C1.I. The lowest BCUT2D eigenvalue weighted by Crippen LogP contribution is -2.40. The third kappa shape index (κ3) is 6.02. The first kappa shape index (κ1) is 21.9. The summed E-state index contributed by atoms with van der Waals surface area (Å²) in [6.07, 6.45) is 2.64. The Balaban J connectivity index is 0.00000261. The molecule has 0 spiro atoms. The topological polar surface area (TPSA) is 110 Å². The Bertz CT molecular complexity index is 873. The predicted octanol–water partition coefficient (Wildman–Crippen LogP) is 1.64. The Morgan fingerprint density at radius 1 is 1.44 bits per heavy atom. The second-order valence-corrected chi connectivity index (χ2v) is 8.77. The zero-order valence-corrected chi connectivity index (χ0v) is 18.7. The molecule has 27 heavy (non-hydrogen) atoms. The fraction of sp³-hybridized carbons (Fsp3) is 0.375. The van der Waals surface area contributed by atoms with Crippen LogP contribution in [0.1, 0.15) is 11.3 Å². The maximum absolute atomic E-state index is 11.4. The summed E-state index contributed by atoms with van der Waals surface area (Å²) in [6.45, 7) is 2.02. The minimum absolute atomic E-state index is 0. The molecule has 8 nitrogen and oxygen atoms in total. The highest BCUT2D eigenvalue weighted by molar-refractivity contribution is 14.0. The number of rotatable bonds is 5. The molecule has 3 heterocycles. The molecule has 148 valence electrons. The van der Waals surface area contributed by atoms with Crippen molar-refractivity contribution in [2.75, 3.05) is 20.1 Å². The van der Waals surface area contributed by atoms with Gasteiger partial charge >= 0.3 is 0 Å². The molecule has 11 heteroatoms. The van der Waals surface area contributed by atoms with Gasteiger partial charge in [-0.3, -0.25) is 4.99 Å². The first-order valence-corrected chi connectivity index (χ1v) is 10.5. The van der Waals surface area contributed by atoms with E-state index < -0.39 is 10.0 Å². The van der Waals surface area contributed by atoms with Gasteiger partial charge in [-0.15, -0.1) is 35.3 Å². The lowest BCUT2D eigenvalue weighted by atomic mass is 10.3. The molecular formula is C16H22IN5O3S2. The molecule has 1 saturated heterocycles. The number of ether oxygens (including phenoxy) is 1. The molecule has 0 radical (unpaired) electrons. The van der Waals surface area contributed by atoms with Crippen LogP contribution in [0.15, 0.2) is 45.7 Å². The first-order chi connectivity index (χ1) is 12.5. The summed E-state index contributed by atoms with van der Waals surface area (Å²) in [4.78, 5) is 11.5. The molecule has 2 aromatic rings. The summed E-state index contributed by atoms with van der Waals surface area (Å²) in [5, 5.41) is 8.40. The largest absolute Gasteiger partial charge is 0.472 e. The number of halogens is 1. The van der Waals surface area contributed by atoms with E-state index in [2.05, 4.69) is 20.2 Å². The first-order valence-electron chi connectivity index (χ1n) is 8.10. The van der Waals surface area contributed by atoms with Crippen molar-refractivity contribution in [3.63, 3.8) is 0 Å². The molecule has 3 rings (SSSR count). The van der Waals surface area contributed by atoms with Crippen LogP contribution in [0.5, 0.6) is 5.88 Å². The molecule has 0 bridgehead atoms. The average Bonchev–Trinajstić information content (AvgIpc) is 3.26. The predicted molar refractivity (Wildman–Crippen MR) is 116 cm³/mol. The van der Waals surface area contributed by atoms with E-state index >= 15 is 0 Å². The van der Waals surface area contributed by atoms with Crippen LogP contribution < -0.4 is 15.2 Å². The van der Waals surface area contributed by atoms with Gasteiger partial charge in [0.15, 0.2) is 5.96 Å². The van der Waals surface area contributed by atoms with Crippen molar-refractivity contribution in [2.24, 2.45) is 10.1 Å². The van der Waals surface area contributed by atoms with Gasteiger partial charge in [-0.05, 0) is 18.2 Å². The summed E-state index contributed by atoms with van der Waals surface area (Å²) < 4.78 is 28.8. The van der Waals surface area contributed by atoms with Crippen LogP contribution in [0.4, 0.5) is 0 Å². The highest BCUT2D eigenvalue weighted by Crippen LogP contribution is 2.20. The van der Waals surface area contributed by atoms with E-state index in [9.17, 15) is 8.42 Å². The fourth-order valence-electron chi connectivity index (χ4n) is 2.71. The molecular weight excluding hydrogens is 501 g/mol. The monoisotopic (exact) mass is 523 g/mol. The fourth-order valence-corrected chi connectivity index (χ4v) is 4.43. The van der Waals surface area contributed by atoms with Crippen LogP contribution in [-0.4, -0.2) is 50.5 Å². The number of guanidine groups is 1. The molecule has 3 N–H and O–H groups in total. The second kappa shape index (κ2) is 9.66. The minimum Gasteiger partial charge on any atom is -0.472 e. The molecule has 0 amide bonds. The van der Waals surface area contributed by atoms with Crippen LogP contribution in [0.2, 0.25) is 0 Å². The molecule has 0 aromatic carbocycles. The van der Waals surface area contributed by atoms with Gasteiger partial charge < -0.3 is 15.0 Å². The summed E-state index contributed by atoms with van der Waals surface area (Å²) in [6, 6.07) is 8.86. The zero-order valence-electron chi connectivity index (χ0n) is 14.7. The highest BCUT2D eigenvalue weighted by atomic mass is 127. The normalized spacial score (nSPS) is 17.5. The van der Waals surface area contributed by atoms with E-state index in [1.165, 1.54) is 6.07 Å². The van der Waals surface area contributed by atoms with E-state index in [-0.39, 0.29) is 34.3 Å². The Hall–Kier alpha value is -1.44. The Labute approximate surface area is 179 Å². The molecule has 0 aliphatic carbocycles. The molecule has 1 atom stereocenters. The van der Waals surface area contributed by atoms with Crippen molar-refractivity contribution in [2.45, 2.75) is 23.3 Å². The van der Waals surface area contributed by atoms with Gasteiger partial charge in [-0.2, -0.15) is 0 Å².